The molecule has 2 heterocycles. The standard InChI is InChI=1S/C22H29N3O3/c1-2-14-4-3-5-15(10-14)16-6-9-23-18(11-16)20(26)19-17(21(27)25-28)12-22(7-8-22)13-24-19/h3-6,10,17-19,23-24,28H,2,7-9,11-13H2,1H3,(H,25,27). The number of carbonyl (C=O) groups is 2. The Balaban J connectivity index is 1.49. The van der Waals surface area contributed by atoms with Crippen LogP contribution in [-0.4, -0.2) is 42.1 Å². The first-order chi connectivity index (χ1) is 13.5. The Bertz CT molecular complexity index is 800. The summed E-state index contributed by atoms with van der Waals surface area (Å²) in [5, 5.41) is 15.8. The van der Waals surface area contributed by atoms with E-state index in [1.54, 1.807) is 5.48 Å². The molecule has 1 saturated heterocycles. The second-order valence-electron chi connectivity index (χ2n) is 8.50. The monoisotopic (exact) mass is 383 g/mol. The molecule has 6 nitrogen and oxygen atoms in total. The van der Waals surface area contributed by atoms with Crippen LogP contribution in [0.2, 0.25) is 0 Å². The summed E-state index contributed by atoms with van der Waals surface area (Å²) in [6.07, 6.45) is 6.56. The van der Waals surface area contributed by atoms with Gasteiger partial charge in [0.05, 0.1) is 18.0 Å². The molecule has 0 bridgehead atoms. The Morgan fingerprint density at radius 2 is 2.11 bits per heavy atom. The zero-order chi connectivity index (χ0) is 19.7. The summed E-state index contributed by atoms with van der Waals surface area (Å²) in [5.74, 6) is -0.964. The molecule has 4 N–H and O–H groups in total. The van der Waals surface area contributed by atoms with E-state index in [0.717, 1.165) is 31.4 Å². The first-order valence-electron chi connectivity index (χ1n) is 10.3. The van der Waals surface area contributed by atoms with Crippen LogP contribution in [0.3, 0.4) is 0 Å². The van der Waals surface area contributed by atoms with Crippen LogP contribution in [-0.2, 0) is 16.0 Å². The molecule has 4 rings (SSSR count). The summed E-state index contributed by atoms with van der Waals surface area (Å²) in [4.78, 5) is 25.6. The Kier molecular flexibility index (Phi) is 5.36. The smallest absolute Gasteiger partial charge is 0.248 e. The summed E-state index contributed by atoms with van der Waals surface area (Å²) in [6.45, 7) is 3.54. The van der Waals surface area contributed by atoms with Gasteiger partial charge in [0.15, 0.2) is 5.78 Å². The number of hydroxylamine groups is 1. The highest BCUT2D eigenvalue weighted by atomic mass is 16.5. The first-order valence-corrected chi connectivity index (χ1v) is 10.3. The van der Waals surface area contributed by atoms with Crippen LogP contribution in [0.1, 0.15) is 43.7 Å². The molecular formula is C22H29N3O3. The zero-order valence-corrected chi connectivity index (χ0v) is 16.3. The van der Waals surface area contributed by atoms with Crippen molar-refractivity contribution in [1.29, 1.82) is 0 Å². The molecule has 1 saturated carbocycles. The van der Waals surface area contributed by atoms with Gasteiger partial charge in [-0.3, -0.25) is 14.8 Å². The third-order valence-electron chi connectivity index (χ3n) is 6.65. The Morgan fingerprint density at radius 3 is 2.82 bits per heavy atom. The summed E-state index contributed by atoms with van der Waals surface area (Å²) in [7, 11) is 0. The number of Topliss-reactive ketones (excluding diaryl/α,β-unsaturated/α-hetero) is 1. The van der Waals surface area contributed by atoms with Gasteiger partial charge in [-0.15, -0.1) is 0 Å². The van der Waals surface area contributed by atoms with Crippen LogP contribution in [0.5, 0.6) is 0 Å². The maximum Gasteiger partial charge on any atom is 0.248 e. The van der Waals surface area contributed by atoms with E-state index in [1.807, 2.05) is 0 Å². The van der Waals surface area contributed by atoms with Crippen molar-refractivity contribution in [3.8, 4) is 0 Å². The lowest BCUT2D eigenvalue weighted by atomic mass is 9.78. The SMILES string of the molecule is CCc1cccc(C2=CCNC(C(=O)C3NCC4(CC4)CC3C(=O)NO)C2)c1. The van der Waals surface area contributed by atoms with E-state index in [2.05, 4.69) is 47.9 Å². The average molecular weight is 383 g/mol. The summed E-state index contributed by atoms with van der Waals surface area (Å²) >= 11 is 0. The van der Waals surface area contributed by atoms with Gasteiger partial charge in [0, 0.05) is 13.1 Å². The molecule has 1 spiro atoms. The van der Waals surface area contributed by atoms with Crippen molar-refractivity contribution in [1.82, 2.24) is 16.1 Å². The number of piperidine rings is 1. The number of nitrogens with one attached hydrogen (secondary N) is 3. The van der Waals surface area contributed by atoms with Gasteiger partial charge in [0.1, 0.15) is 0 Å². The minimum Gasteiger partial charge on any atom is -0.306 e. The topological polar surface area (TPSA) is 90.5 Å². The van der Waals surface area contributed by atoms with Gasteiger partial charge in [0.25, 0.3) is 0 Å². The first kappa shape index (κ1) is 19.3. The lowest BCUT2D eigenvalue weighted by Crippen LogP contribution is -2.59. The van der Waals surface area contributed by atoms with Crippen molar-refractivity contribution >= 4 is 17.3 Å². The predicted molar refractivity (Wildman–Crippen MR) is 107 cm³/mol. The van der Waals surface area contributed by atoms with Gasteiger partial charge in [-0.1, -0.05) is 37.3 Å². The largest absolute Gasteiger partial charge is 0.306 e. The lowest BCUT2D eigenvalue weighted by Gasteiger charge is -2.37. The quantitative estimate of drug-likeness (QED) is 0.460. The van der Waals surface area contributed by atoms with Crippen LogP contribution < -0.4 is 16.1 Å². The van der Waals surface area contributed by atoms with Crippen LogP contribution >= 0.6 is 0 Å². The molecule has 1 aliphatic carbocycles. The zero-order valence-electron chi connectivity index (χ0n) is 16.3. The third-order valence-corrected chi connectivity index (χ3v) is 6.65. The van der Waals surface area contributed by atoms with E-state index < -0.39 is 17.9 Å². The van der Waals surface area contributed by atoms with Gasteiger partial charge in [0.2, 0.25) is 5.91 Å². The fraction of sp³-hybridized carbons (Fsp3) is 0.545. The number of ketones is 1. The summed E-state index contributed by atoms with van der Waals surface area (Å²) in [6, 6.07) is 7.58. The fourth-order valence-corrected chi connectivity index (χ4v) is 4.65. The molecule has 3 atom stereocenters. The highest BCUT2D eigenvalue weighted by Gasteiger charge is 2.52. The van der Waals surface area contributed by atoms with Crippen LogP contribution in [0, 0.1) is 11.3 Å². The minimum atomic E-state index is -0.558. The van der Waals surface area contributed by atoms with Crippen LogP contribution in [0.4, 0.5) is 0 Å². The molecular weight excluding hydrogens is 354 g/mol. The van der Waals surface area contributed by atoms with E-state index in [1.165, 1.54) is 11.1 Å². The third kappa shape index (κ3) is 3.77. The highest BCUT2D eigenvalue weighted by molar-refractivity contribution is 5.96. The number of benzene rings is 1. The number of aryl methyl sites for hydroxylation is 1. The fourth-order valence-electron chi connectivity index (χ4n) is 4.65. The highest BCUT2D eigenvalue weighted by Crippen LogP contribution is 2.52. The summed E-state index contributed by atoms with van der Waals surface area (Å²) < 4.78 is 0. The Labute approximate surface area is 165 Å². The average Bonchev–Trinajstić information content (AvgIpc) is 3.51. The number of rotatable bonds is 5. The number of hydrogen-bond acceptors (Lipinski definition) is 5. The van der Waals surface area contributed by atoms with Gasteiger partial charge >= 0.3 is 0 Å². The molecule has 0 radical (unpaired) electrons. The van der Waals surface area contributed by atoms with E-state index in [-0.39, 0.29) is 17.2 Å². The number of hydrogen-bond donors (Lipinski definition) is 4. The second kappa shape index (κ2) is 7.78. The molecule has 1 amide bonds. The normalized spacial score (nSPS) is 28.5. The van der Waals surface area contributed by atoms with Crippen molar-refractivity contribution in [2.45, 2.75) is 51.1 Å². The maximum atomic E-state index is 13.3. The Morgan fingerprint density at radius 1 is 1.29 bits per heavy atom. The van der Waals surface area contributed by atoms with E-state index in [4.69, 9.17) is 5.21 Å². The summed E-state index contributed by atoms with van der Waals surface area (Å²) in [5.41, 5.74) is 5.53. The van der Waals surface area contributed by atoms with Gasteiger partial charge in [-0.25, -0.2) is 5.48 Å². The molecule has 3 unspecified atom stereocenters. The molecule has 3 aliphatic rings. The molecule has 150 valence electrons. The molecule has 28 heavy (non-hydrogen) atoms. The molecule has 0 aromatic heterocycles. The van der Waals surface area contributed by atoms with E-state index in [0.29, 0.717) is 19.4 Å². The molecule has 1 aromatic rings. The number of carbonyl (C=O) groups excluding carboxylic acids is 2. The predicted octanol–water partition coefficient (Wildman–Crippen LogP) is 1.83. The molecule has 1 aromatic carbocycles. The van der Waals surface area contributed by atoms with Crippen molar-refractivity contribution in [3.63, 3.8) is 0 Å². The second-order valence-corrected chi connectivity index (χ2v) is 8.50. The lowest BCUT2D eigenvalue weighted by molar-refractivity contribution is -0.140. The van der Waals surface area contributed by atoms with E-state index in [9.17, 15) is 9.59 Å². The van der Waals surface area contributed by atoms with Gasteiger partial charge in [-0.05, 0) is 54.2 Å². The van der Waals surface area contributed by atoms with Crippen molar-refractivity contribution < 1.29 is 14.8 Å². The maximum absolute atomic E-state index is 13.3. The van der Waals surface area contributed by atoms with Crippen LogP contribution in [0.15, 0.2) is 30.3 Å². The van der Waals surface area contributed by atoms with E-state index >= 15 is 0 Å². The van der Waals surface area contributed by atoms with Crippen molar-refractivity contribution in [2.75, 3.05) is 13.1 Å². The molecule has 2 aliphatic heterocycles. The minimum absolute atomic E-state index is 0.0151. The van der Waals surface area contributed by atoms with Gasteiger partial charge in [-0.2, -0.15) is 0 Å². The van der Waals surface area contributed by atoms with Crippen molar-refractivity contribution in [3.05, 3.63) is 41.5 Å². The van der Waals surface area contributed by atoms with Crippen molar-refractivity contribution in [2.24, 2.45) is 11.3 Å². The molecule has 2 fully saturated rings. The van der Waals surface area contributed by atoms with Crippen LogP contribution in [0.25, 0.3) is 5.57 Å². The number of amides is 1. The Hall–Kier alpha value is -2.02. The van der Waals surface area contributed by atoms with Gasteiger partial charge < -0.3 is 10.6 Å². The molecule has 6 heteroatoms.